The Morgan fingerprint density at radius 3 is 2.77 bits per heavy atom. The summed E-state index contributed by atoms with van der Waals surface area (Å²) in [6, 6.07) is 5.49. The molecular weight excluding hydrogens is 252 g/mol. The Balaban J connectivity index is 3.05. The highest BCUT2D eigenvalue weighted by atomic mass is 79.9. The first-order valence-electron chi connectivity index (χ1n) is 3.53. The first kappa shape index (κ1) is 10.6. The topological polar surface area (TPSA) is 55.1 Å². The lowest BCUT2D eigenvalue weighted by Crippen LogP contribution is -2.30. The minimum atomic E-state index is -0.292. The zero-order valence-corrected chi connectivity index (χ0v) is 9.41. The van der Waals surface area contributed by atoms with Crippen molar-refractivity contribution in [1.82, 2.24) is 5.43 Å². The number of halogens is 1. The Morgan fingerprint density at radius 1 is 1.62 bits per heavy atom. The van der Waals surface area contributed by atoms with Crippen molar-refractivity contribution in [2.24, 2.45) is 5.84 Å². The number of nitrogens with one attached hydrogen (secondary N) is 1. The third-order valence-electron chi connectivity index (χ3n) is 1.55. The summed E-state index contributed by atoms with van der Waals surface area (Å²) in [5.74, 6) is 4.73. The van der Waals surface area contributed by atoms with Crippen LogP contribution in [0.1, 0.15) is 10.4 Å². The number of nitrogen functional groups attached to an aromatic ring is 1. The second kappa shape index (κ2) is 4.64. The van der Waals surface area contributed by atoms with E-state index < -0.39 is 0 Å². The molecule has 0 aliphatic carbocycles. The van der Waals surface area contributed by atoms with Crippen LogP contribution in [0.3, 0.4) is 0 Å². The highest BCUT2D eigenvalue weighted by Gasteiger charge is 2.08. The number of carbonyl (C=O) groups is 1. The van der Waals surface area contributed by atoms with Crippen molar-refractivity contribution in [1.29, 1.82) is 0 Å². The minimum absolute atomic E-state index is 0.292. The Morgan fingerprint density at radius 2 is 2.31 bits per heavy atom. The molecule has 1 aromatic rings. The van der Waals surface area contributed by atoms with E-state index in [0.29, 0.717) is 5.56 Å². The maximum absolute atomic E-state index is 11.2. The molecule has 0 aliphatic rings. The molecule has 0 spiro atoms. The first-order chi connectivity index (χ1) is 6.19. The van der Waals surface area contributed by atoms with E-state index >= 15 is 0 Å². The van der Waals surface area contributed by atoms with Crippen LogP contribution < -0.4 is 11.3 Å². The Hall–Kier alpha value is -0.520. The van der Waals surface area contributed by atoms with Gasteiger partial charge < -0.3 is 0 Å². The number of hydrazine groups is 1. The molecule has 0 heterocycles. The smallest absolute Gasteiger partial charge is 0.266 e. The van der Waals surface area contributed by atoms with Gasteiger partial charge in [-0.05, 0) is 40.4 Å². The number of benzene rings is 1. The van der Waals surface area contributed by atoms with Crippen LogP contribution >= 0.6 is 27.7 Å². The van der Waals surface area contributed by atoms with Gasteiger partial charge in [0.15, 0.2) is 0 Å². The number of carbonyl (C=O) groups excluding carboxylic acids is 1. The second-order valence-corrected chi connectivity index (χ2v) is 4.05. The maximum atomic E-state index is 11.2. The largest absolute Gasteiger partial charge is 0.290 e. The summed E-state index contributed by atoms with van der Waals surface area (Å²) in [6.07, 6.45) is 1.98. The molecule has 0 bridgehead atoms. The third-order valence-corrected chi connectivity index (χ3v) is 2.93. The number of hydrogen-bond acceptors (Lipinski definition) is 3. The van der Waals surface area contributed by atoms with Crippen molar-refractivity contribution in [3.63, 3.8) is 0 Å². The third kappa shape index (κ3) is 2.46. The lowest BCUT2D eigenvalue weighted by atomic mass is 10.2. The highest BCUT2D eigenvalue weighted by Crippen LogP contribution is 2.23. The molecule has 1 aromatic carbocycles. The molecular formula is C8H9BrN2OS. The molecule has 1 rings (SSSR count). The molecule has 13 heavy (non-hydrogen) atoms. The zero-order chi connectivity index (χ0) is 9.84. The van der Waals surface area contributed by atoms with E-state index in [1.165, 1.54) is 0 Å². The Kier molecular flexibility index (Phi) is 3.77. The number of hydrogen-bond donors (Lipinski definition) is 2. The van der Waals surface area contributed by atoms with Gasteiger partial charge in [0.05, 0.1) is 5.56 Å². The average Bonchev–Trinajstić information content (AvgIpc) is 2.16. The van der Waals surface area contributed by atoms with Gasteiger partial charge in [-0.3, -0.25) is 10.2 Å². The van der Waals surface area contributed by atoms with Gasteiger partial charge in [0.1, 0.15) is 0 Å². The Bertz CT molecular complexity index is 330. The van der Waals surface area contributed by atoms with Crippen LogP contribution in [0.15, 0.2) is 27.6 Å². The van der Waals surface area contributed by atoms with Crippen LogP contribution in [0.4, 0.5) is 0 Å². The predicted molar refractivity (Wildman–Crippen MR) is 57.6 cm³/mol. The maximum Gasteiger partial charge on any atom is 0.266 e. The molecule has 0 unspecified atom stereocenters. The summed E-state index contributed by atoms with van der Waals surface area (Å²) in [5, 5.41) is 0. The van der Waals surface area contributed by atoms with Crippen molar-refractivity contribution < 1.29 is 4.79 Å². The predicted octanol–water partition coefficient (Wildman–Crippen LogP) is 1.77. The monoisotopic (exact) mass is 260 g/mol. The van der Waals surface area contributed by atoms with E-state index in [4.69, 9.17) is 5.84 Å². The van der Waals surface area contributed by atoms with Crippen molar-refractivity contribution >= 4 is 33.6 Å². The van der Waals surface area contributed by atoms with Crippen LogP contribution in [0, 0.1) is 0 Å². The standard InChI is InChI=1S/C8H9BrN2OS/c1-13-5-2-3-6(7(9)4-5)8(12)11-10/h2-4H,10H2,1H3,(H,11,12). The fourth-order valence-electron chi connectivity index (χ4n) is 0.885. The fraction of sp³-hybridized carbons (Fsp3) is 0.125. The average molecular weight is 261 g/mol. The molecule has 70 valence electrons. The molecule has 3 N–H and O–H groups in total. The number of amides is 1. The molecule has 3 nitrogen and oxygen atoms in total. The van der Waals surface area contributed by atoms with Crippen molar-refractivity contribution in [3.8, 4) is 0 Å². The van der Waals surface area contributed by atoms with Crippen LogP contribution in [-0.2, 0) is 0 Å². The summed E-state index contributed by atoms with van der Waals surface area (Å²) in [7, 11) is 0. The molecule has 1 amide bonds. The molecule has 0 saturated carbocycles. The van der Waals surface area contributed by atoms with E-state index in [1.54, 1.807) is 17.8 Å². The van der Waals surface area contributed by atoms with Gasteiger partial charge in [-0.15, -0.1) is 11.8 Å². The van der Waals surface area contributed by atoms with Gasteiger partial charge in [0.25, 0.3) is 5.91 Å². The van der Waals surface area contributed by atoms with Gasteiger partial charge >= 0.3 is 0 Å². The zero-order valence-electron chi connectivity index (χ0n) is 7.00. The van der Waals surface area contributed by atoms with Crippen LogP contribution in [-0.4, -0.2) is 12.2 Å². The normalized spacial score (nSPS) is 9.77. The molecule has 0 atom stereocenters. The molecule has 0 aromatic heterocycles. The molecule has 0 fully saturated rings. The van der Waals surface area contributed by atoms with Crippen LogP contribution in [0.25, 0.3) is 0 Å². The van der Waals surface area contributed by atoms with Gasteiger partial charge in [-0.1, -0.05) is 0 Å². The Labute approximate surface area is 89.2 Å². The summed E-state index contributed by atoms with van der Waals surface area (Å²) in [6.45, 7) is 0. The van der Waals surface area contributed by atoms with E-state index in [2.05, 4.69) is 21.4 Å². The highest BCUT2D eigenvalue weighted by molar-refractivity contribution is 9.10. The summed E-state index contributed by atoms with van der Waals surface area (Å²) in [4.78, 5) is 12.3. The van der Waals surface area contributed by atoms with Crippen LogP contribution in [0.5, 0.6) is 0 Å². The number of nitrogens with two attached hydrogens (primary N) is 1. The number of thioether (sulfide) groups is 1. The summed E-state index contributed by atoms with van der Waals surface area (Å²) < 4.78 is 0.752. The van der Waals surface area contributed by atoms with E-state index in [-0.39, 0.29) is 5.91 Å². The molecule has 0 radical (unpaired) electrons. The van der Waals surface area contributed by atoms with Gasteiger partial charge in [0, 0.05) is 9.37 Å². The lowest BCUT2D eigenvalue weighted by Gasteiger charge is -2.03. The van der Waals surface area contributed by atoms with Crippen LogP contribution in [0.2, 0.25) is 0 Å². The SMILES string of the molecule is CSc1ccc(C(=O)NN)c(Br)c1. The minimum Gasteiger partial charge on any atom is -0.290 e. The van der Waals surface area contributed by atoms with Gasteiger partial charge in [-0.25, -0.2) is 5.84 Å². The molecule has 0 aliphatic heterocycles. The lowest BCUT2D eigenvalue weighted by molar-refractivity contribution is 0.0953. The molecule has 5 heteroatoms. The first-order valence-corrected chi connectivity index (χ1v) is 5.55. The second-order valence-electron chi connectivity index (χ2n) is 2.32. The fourth-order valence-corrected chi connectivity index (χ4v) is 2.03. The molecule has 0 saturated heterocycles. The summed E-state index contributed by atoms with van der Waals surface area (Å²) >= 11 is 4.92. The quantitative estimate of drug-likeness (QED) is 0.369. The van der Waals surface area contributed by atoms with Crippen molar-refractivity contribution in [3.05, 3.63) is 28.2 Å². The van der Waals surface area contributed by atoms with Crippen molar-refractivity contribution in [2.45, 2.75) is 4.90 Å². The van der Waals surface area contributed by atoms with E-state index in [0.717, 1.165) is 9.37 Å². The van der Waals surface area contributed by atoms with Crippen molar-refractivity contribution in [2.75, 3.05) is 6.26 Å². The van der Waals surface area contributed by atoms with Gasteiger partial charge in [0.2, 0.25) is 0 Å². The number of rotatable bonds is 2. The van der Waals surface area contributed by atoms with E-state index in [1.807, 2.05) is 18.4 Å². The van der Waals surface area contributed by atoms with E-state index in [9.17, 15) is 4.79 Å². The van der Waals surface area contributed by atoms with Gasteiger partial charge in [-0.2, -0.15) is 0 Å². The summed E-state index contributed by atoms with van der Waals surface area (Å²) in [5.41, 5.74) is 2.63.